The number of aryl methyl sites for hydroxylation is 1. The second-order valence-electron chi connectivity index (χ2n) is 5.86. The van der Waals surface area contributed by atoms with Gasteiger partial charge in [0.2, 0.25) is 0 Å². The van der Waals surface area contributed by atoms with Gasteiger partial charge >= 0.3 is 5.97 Å². The van der Waals surface area contributed by atoms with Crippen molar-refractivity contribution in [2.75, 3.05) is 26.2 Å². The highest BCUT2D eigenvalue weighted by atomic mass is 16.5. The monoisotopic (exact) mass is 277 g/mol. The summed E-state index contributed by atoms with van der Waals surface area (Å²) in [5.41, 5.74) is 0.573. The molecule has 1 aromatic rings. The van der Waals surface area contributed by atoms with Crippen molar-refractivity contribution < 1.29 is 14.6 Å². The normalized spacial score (nSPS) is 22.9. The van der Waals surface area contributed by atoms with Crippen LogP contribution in [-0.2, 0) is 4.79 Å². The fourth-order valence-corrected chi connectivity index (χ4v) is 2.61. The number of hydrogen-bond donors (Lipinski definition) is 1. The lowest BCUT2D eigenvalue weighted by molar-refractivity contribution is -0.147. The topological polar surface area (TPSA) is 49.8 Å². The molecule has 1 atom stereocenters. The summed E-state index contributed by atoms with van der Waals surface area (Å²) in [6, 6.07) is 7.99. The molecule has 1 fully saturated rings. The molecule has 1 saturated heterocycles. The molecule has 0 amide bonds. The number of carboxylic acids is 1. The van der Waals surface area contributed by atoms with Crippen molar-refractivity contribution in [3.8, 4) is 5.75 Å². The first-order valence-corrected chi connectivity index (χ1v) is 7.15. The van der Waals surface area contributed by atoms with E-state index in [-0.39, 0.29) is 0 Å². The number of carboxylic acid groups (broad SMARTS) is 1. The molecule has 0 aromatic heterocycles. The Balaban J connectivity index is 1.70. The summed E-state index contributed by atoms with van der Waals surface area (Å²) >= 11 is 0. The van der Waals surface area contributed by atoms with Gasteiger partial charge in [-0.1, -0.05) is 18.2 Å². The molecule has 4 nitrogen and oxygen atoms in total. The van der Waals surface area contributed by atoms with Crippen LogP contribution in [0.5, 0.6) is 5.75 Å². The molecule has 2 rings (SSSR count). The van der Waals surface area contributed by atoms with Crippen LogP contribution in [0.1, 0.15) is 25.3 Å². The van der Waals surface area contributed by atoms with Gasteiger partial charge in [0.15, 0.2) is 0 Å². The molecule has 110 valence electrons. The quantitative estimate of drug-likeness (QED) is 0.812. The first-order chi connectivity index (χ1) is 9.51. The summed E-state index contributed by atoms with van der Waals surface area (Å²) in [5.74, 6) is 0.250. The number of aliphatic carboxylic acids is 1. The van der Waals surface area contributed by atoms with Crippen LogP contribution in [0.15, 0.2) is 24.3 Å². The number of nitrogens with zero attached hydrogens (tertiary/aromatic N) is 1. The van der Waals surface area contributed by atoms with Crippen molar-refractivity contribution >= 4 is 5.97 Å². The highest BCUT2D eigenvalue weighted by Crippen LogP contribution is 2.30. The molecule has 0 saturated carbocycles. The molecule has 1 aliphatic rings. The van der Waals surface area contributed by atoms with E-state index in [1.807, 2.05) is 38.1 Å². The average Bonchev–Trinajstić information content (AvgIpc) is 2.80. The maximum atomic E-state index is 11.2. The van der Waals surface area contributed by atoms with Gasteiger partial charge in [-0.15, -0.1) is 0 Å². The maximum absolute atomic E-state index is 11.2. The van der Waals surface area contributed by atoms with Gasteiger partial charge in [0.25, 0.3) is 0 Å². The first kappa shape index (κ1) is 14.9. The summed E-state index contributed by atoms with van der Waals surface area (Å²) in [4.78, 5) is 13.4. The highest BCUT2D eigenvalue weighted by Gasteiger charge is 2.39. The third kappa shape index (κ3) is 3.51. The lowest BCUT2D eigenvalue weighted by Crippen LogP contribution is -2.32. The molecule has 0 radical (unpaired) electrons. The van der Waals surface area contributed by atoms with Gasteiger partial charge in [-0.05, 0) is 44.9 Å². The summed E-state index contributed by atoms with van der Waals surface area (Å²) in [7, 11) is 0. The van der Waals surface area contributed by atoms with Crippen molar-refractivity contribution in [2.45, 2.75) is 26.7 Å². The van der Waals surface area contributed by atoms with E-state index in [4.69, 9.17) is 4.74 Å². The van der Waals surface area contributed by atoms with Gasteiger partial charge in [-0.2, -0.15) is 0 Å². The van der Waals surface area contributed by atoms with E-state index in [0.29, 0.717) is 13.2 Å². The van der Waals surface area contributed by atoms with Crippen molar-refractivity contribution in [3.63, 3.8) is 0 Å². The van der Waals surface area contributed by atoms with Crippen molar-refractivity contribution in [2.24, 2.45) is 5.41 Å². The predicted octanol–water partition coefficient (Wildman–Crippen LogP) is 2.56. The Labute approximate surface area is 120 Å². The van der Waals surface area contributed by atoms with Crippen LogP contribution < -0.4 is 4.74 Å². The molecule has 1 aromatic carbocycles. The molecule has 1 unspecified atom stereocenters. The Bertz CT molecular complexity index is 475. The largest absolute Gasteiger partial charge is 0.493 e. The van der Waals surface area contributed by atoms with E-state index in [1.165, 1.54) is 0 Å². The molecule has 1 heterocycles. The Hall–Kier alpha value is -1.55. The molecule has 1 aliphatic heterocycles. The molecule has 0 aliphatic carbocycles. The number of carbonyl (C=O) groups is 1. The van der Waals surface area contributed by atoms with E-state index >= 15 is 0 Å². The Morgan fingerprint density at radius 3 is 2.85 bits per heavy atom. The lowest BCUT2D eigenvalue weighted by atomic mass is 9.90. The zero-order chi connectivity index (χ0) is 14.6. The number of ether oxygens (including phenoxy) is 1. The number of para-hydroxylation sites is 1. The van der Waals surface area contributed by atoms with Crippen molar-refractivity contribution in [1.82, 2.24) is 4.90 Å². The Morgan fingerprint density at radius 2 is 2.20 bits per heavy atom. The minimum Gasteiger partial charge on any atom is -0.493 e. The van der Waals surface area contributed by atoms with Crippen LogP contribution in [0.2, 0.25) is 0 Å². The lowest BCUT2D eigenvalue weighted by Gasteiger charge is -2.20. The van der Waals surface area contributed by atoms with E-state index in [9.17, 15) is 9.90 Å². The second-order valence-corrected chi connectivity index (χ2v) is 5.86. The minimum atomic E-state index is -0.684. The number of likely N-dealkylation sites (tertiary alicyclic amines) is 1. The third-order valence-corrected chi connectivity index (χ3v) is 4.04. The van der Waals surface area contributed by atoms with E-state index in [2.05, 4.69) is 4.90 Å². The standard InChI is InChI=1S/C16H23NO3/c1-13-6-3-4-7-14(13)20-11-5-9-17-10-8-16(2,12-17)15(18)19/h3-4,6-7H,5,8-12H2,1-2H3,(H,18,19). The minimum absolute atomic E-state index is 0.573. The summed E-state index contributed by atoms with van der Waals surface area (Å²) in [6.45, 7) is 6.95. The van der Waals surface area contributed by atoms with Crippen molar-refractivity contribution in [1.29, 1.82) is 0 Å². The van der Waals surface area contributed by atoms with Gasteiger partial charge in [0, 0.05) is 13.1 Å². The zero-order valence-corrected chi connectivity index (χ0v) is 12.3. The summed E-state index contributed by atoms with van der Waals surface area (Å²) in [5, 5.41) is 9.19. The Morgan fingerprint density at radius 1 is 1.45 bits per heavy atom. The van der Waals surface area contributed by atoms with Crippen LogP contribution in [0.3, 0.4) is 0 Å². The van der Waals surface area contributed by atoms with Crippen LogP contribution >= 0.6 is 0 Å². The fraction of sp³-hybridized carbons (Fsp3) is 0.562. The van der Waals surface area contributed by atoms with Gasteiger partial charge in [0.1, 0.15) is 5.75 Å². The van der Waals surface area contributed by atoms with Crippen LogP contribution in [0, 0.1) is 12.3 Å². The zero-order valence-electron chi connectivity index (χ0n) is 12.3. The van der Waals surface area contributed by atoms with Crippen LogP contribution in [0.4, 0.5) is 0 Å². The first-order valence-electron chi connectivity index (χ1n) is 7.15. The number of benzene rings is 1. The SMILES string of the molecule is Cc1ccccc1OCCCN1CCC(C)(C(=O)O)C1. The predicted molar refractivity (Wildman–Crippen MR) is 78.1 cm³/mol. The second kappa shape index (κ2) is 6.27. The van der Waals surface area contributed by atoms with Gasteiger partial charge in [-0.3, -0.25) is 4.79 Å². The molecule has 20 heavy (non-hydrogen) atoms. The fourth-order valence-electron chi connectivity index (χ4n) is 2.61. The molecule has 0 spiro atoms. The van der Waals surface area contributed by atoms with E-state index in [1.54, 1.807) is 0 Å². The molecular weight excluding hydrogens is 254 g/mol. The maximum Gasteiger partial charge on any atom is 0.310 e. The smallest absolute Gasteiger partial charge is 0.310 e. The van der Waals surface area contributed by atoms with Crippen LogP contribution in [0.25, 0.3) is 0 Å². The Kier molecular flexibility index (Phi) is 4.65. The van der Waals surface area contributed by atoms with E-state index in [0.717, 1.165) is 37.2 Å². The molecular formula is C16H23NO3. The summed E-state index contributed by atoms with van der Waals surface area (Å²) in [6.07, 6.45) is 1.66. The molecule has 4 heteroatoms. The third-order valence-electron chi connectivity index (χ3n) is 4.04. The van der Waals surface area contributed by atoms with Gasteiger partial charge < -0.3 is 14.7 Å². The van der Waals surface area contributed by atoms with Gasteiger partial charge in [0.05, 0.1) is 12.0 Å². The summed E-state index contributed by atoms with van der Waals surface area (Å²) < 4.78 is 5.75. The van der Waals surface area contributed by atoms with Crippen LogP contribution in [-0.4, -0.2) is 42.2 Å². The number of hydrogen-bond acceptors (Lipinski definition) is 3. The number of rotatable bonds is 6. The van der Waals surface area contributed by atoms with Crippen molar-refractivity contribution in [3.05, 3.63) is 29.8 Å². The van der Waals surface area contributed by atoms with E-state index < -0.39 is 11.4 Å². The van der Waals surface area contributed by atoms with Gasteiger partial charge in [-0.25, -0.2) is 0 Å². The average molecular weight is 277 g/mol. The highest BCUT2D eigenvalue weighted by molar-refractivity contribution is 5.74. The molecule has 0 bridgehead atoms. The molecule has 1 N–H and O–H groups in total.